The van der Waals surface area contributed by atoms with E-state index in [1.165, 1.54) is 19.3 Å². The highest BCUT2D eigenvalue weighted by Crippen LogP contribution is 2.32. The smallest absolute Gasteiger partial charge is 0.416 e. The number of alkyl halides is 3. The Balaban J connectivity index is 1.64. The quantitative estimate of drug-likeness (QED) is 0.444. The summed E-state index contributed by atoms with van der Waals surface area (Å²) in [6.07, 6.45) is -3.03. The van der Waals surface area contributed by atoms with Gasteiger partial charge in [0.05, 0.1) is 29.4 Å². The molecule has 0 aliphatic rings. The van der Waals surface area contributed by atoms with Crippen LogP contribution in [0.5, 0.6) is 0 Å². The Labute approximate surface area is 186 Å². The third-order valence-corrected chi connectivity index (χ3v) is 4.95. The van der Waals surface area contributed by atoms with Crippen molar-refractivity contribution in [2.24, 2.45) is 0 Å². The summed E-state index contributed by atoms with van der Waals surface area (Å²) in [5.74, 6) is -0.00542. The van der Waals surface area contributed by atoms with Crippen molar-refractivity contribution in [3.63, 3.8) is 0 Å². The first-order valence-corrected chi connectivity index (χ1v) is 9.95. The van der Waals surface area contributed by atoms with Crippen LogP contribution < -0.4 is 10.6 Å². The molecule has 0 unspecified atom stereocenters. The molecule has 4 aromatic rings. The first kappa shape index (κ1) is 22.1. The van der Waals surface area contributed by atoms with Crippen LogP contribution in [0.1, 0.15) is 34.2 Å². The van der Waals surface area contributed by atoms with Crippen molar-refractivity contribution >= 4 is 28.8 Å². The number of rotatable bonds is 6. The number of amides is 2. The molecule has 10 heteroatoms. The van der Waals surface area contributed by atoms with Gasteiger partial charge in [-0.2, -0.15) is 13.2 Å². The fraction of sp³-hybridized carbons (Fsp3) is 0.174. The van der Waals surface area contributed by atoms with Crippen LogP contribution in [-0.4, -0.2) is 21.4 Å². The first-order chi connectivity index (χ1) is 15.7. The third-order valence-electron chi connectivity index (χ3n) is 4.95. The molecule has 2 aromatic heterocycles. The lowest BCUT2D eigenvalue weighted by Gasteiger charge is -2.10. The van der Waals surface area contributed by atoms with Crippen molar-refractivity contribution < 1.29 is 27.2 Å². The van der Waals surface area contributed by atoms with Crippen molar-refractivity contribution in [1.82, 2.24) is 14.9 Å². The molecule has 4 rings (SSSR count). The van der Waals surface area contributed by atoms with E-state index in [9.17, 15) is 22.8 Å². The second-order valence-electron chi connectivity index (χ2n) is 7.36. The van der Waals surface area contributed by atoms with Gasteiger partial charge in [0.1, 0.15) is 5.76 Å². The van der Waals surface area contributed by atoms with Gasteiger partial charge in [-0.05, 0) is 48.0 Å². The molecule has 0 aliphatic heterocycles. The van der Waals surface area contributed by atoms with Gasteiger partial charge in [0.25, 0.3) is 5.91 Å². The molecular formula is C23H19F3N4O3. The number of aromatic nitrogens is 2. The number of carbonyl (C=O) groups excluding carboxylic acids is 2. The summed E-state index contributed by atoms with van der Waals surface area (Å²) in [4.78, 5) is 28.1. The maximum atomic E-state index is 13.1. The van der Waals surface area contributed by atoms with E-state index in [4.69, 9.17) is 4.42 Å². The topological polar surface area (TPSA) is 89.2 Å². The van der Waals surface area contributed by atoms with Gasteiger partial charge in [-0.15, -0.1) is 0 Å². The largest absolute Gasteiger partial charge is 0.467 e. The number of hydrogen-bond donors (Lipinski definition) is 2. The van der Waals surface area contributed by atoms with Crippen molar-refractivity contribution in [3.8, 4) is 0 Å². The van der Waals surface area contributed by atoms with Crippen LogP contribution in [-0.2, 0) is 24.1 Å². The number of nitrogens with one attached hydrogen (secondary N) is 2. The molecule has 2 heterocycles. The fourth-order valence-corrected chi connectivity index (χ4v) is 3.29. The number of benzene rings is 2. The summed E-state index contributed by atoms with van der Waals surface area (Å²) < 4.78 is 46.4. The Morgan fingerprint density at radius 2 is 1.85 bits per heavy atom. The zero-order valence-electron chi connectivity index (χ0n) is 17.4. The third kappa shape index (κ3) is 5.05. The molecule has 0 spiro atoms. The Morgan fingerprint density at radius 1 is 1.09 bits per heavy atom. The molecule has 0 saturated carbocycles. The van der Waals surface area contributed by atoms with Gasteiger partial charge < -0.3 is 14.3 Å². The maximum absolute atomic E-state index is 13.1. The highest BCUT2D eigenvalue weighted by molar-refractivity contribution is 6.04. The van der Waals surface area contributed by atoms with E-state index in [0.29, 0.717) is 23.4 Å². The minimum Gasteiger partial charge on any atom is -0.467 e. The number of imidazole rings is 1. The van der Waals surface area contributed by atoms with Crippen LogP contribution in [0.4, 0.5) is 19.1 Å². The average Bonchev–Trinajstić information content (AvgIpc) is 3.40. The van der Waals surface area contributed by atoms with Gasteiger partial charge in [-0.1, -0.05) is 12.1 Å². The lowest BCUT2D eigenvalue weighted by atomic mass is 10.1. The maximum Gasteiger partial charge on any atom is 0.416 e. The van der Waals surface area contributed by atoms with Crippen molar-refractivity contribution in [2.45, 2.75) is 26.2 Å². The lowest BCUT2D eigenvalue weighted by molar-refractivity contribution is -0.137. The summed E-state index contributed by atoms with van der Waals surface area (Å²) >= 11 is 0. The number of nitrogens with zero attached hydrogens (tertiary/aromatic N) is 2. The Morgan fingerprint density at radius 3 is 2.48 bits per heavy atom. The van der Waals surface area contributed by atoms with E-state index < -0.39 is 17.6 Å². The molecule has 2 aromatic carbocycles. The molecule has 0 fully saturated rings. The molecule has 2 N–H and O–H groups in total. The van der Waals surface area contributed by atoms with E-state index in [0.717, 1.165) is 17.7 Å². The second-order valence-corrected chi connectivity index (χ2v) is 7.36. The van der Waals surface area contributed by atoms with E-state index in [-0.39, 0.29) is 23.9 Å². The molecule has 0 radical (unpaired) electrons. The predicted molar refractivity (Wildman–Crippen MR) is 114 cm³/mol. The predicted octanol–water partition coefficient (Wildman–Crippen LogP) is 4.58. The van der Waals surface area contributed by atoms with E-state index in [2.05, 4.69) is 15.6 Å². The van der Waals surface area contributed by atoms with Crippen molar-refractivity contribution in [2.75, 3.05) is 5.32 Å². The number of hydrogen-bond acceptors (Lipinski definition) is 4. The highest BCUT2D eigenvalue weighted by Gasteiger charge is 2.31. The summed E-state index contributed by atoms with van der Waals surface area (Å²) in [5, 5.41) is 5.34. The van der Waals surface area contributed by atoms with Crippen LogP contribution in [0.3, 0.4) is 0 Å². The Kier molecular flexibility index (Phi) is 5.91. The van der Waals surface area contributed by atoms with E-state index >= 15 is 0 Å². The summed E-state index contributed by atoms with van der Waals surface area (Å²) in [7, 11) is 0. The van der Waals surface area contributed by atoms with Gasteiger partial charge in [0.2, 0.25) is 11.9 Å². The van der Waals surface area contributed by atoms with E-state index in [1.807, 2.05) is 0 Å². The number of halogens is 3. The minimum absolute atomic E-state index is 0.0908. The van der Waals surface area contributed by atoms with Gasteiger partial charge in [0.15, 0.2) is 0 Å². The van der Waals surface area contributed by atoms with Crippen LogP contribution >= 0.6 is 0 Å². The van der Waals surface area contributed by atoms with Crippen molar-refractivity contribution in [1.29, 1.82) is 0 Å². The molecule has 2 amide bonds. The van der Waals surface area contributed by atoms with Gasteiger partial charge in [-0.3, -0.25) is 14.9 Å². The number of carbonyl (C=O) groups is 2. The normalized spacial score (nSPS) is 11.5. The van der Waals surface area contributed by atoms with Crippen LogP contribution in [0.25, 0.3) is 11.0 Å². The molecule has 7 nitrogen and oxygen atoms in total. The zero-order chi connectivity index (χ0) is 23.6. The molecular weight excluding hydrogens is 437 g/mol. The molecule has 0 atom stereocenters. The molecule has 33 heavy (non-hydrogen) atoms. The van der Waals surface area contributed by atoms with Gasteiger partial charge in [0, 0.05) is 19.0 Å². The lowest BCUT2D eigenvalue weighted by Crippen LogP contribution is -2.19. The number of anilines is 1. The number of fused-ring (bicyclic) bond motifs is 1. The fourth-order valence-electron chi connectivity index (χ4n) is 3.29. The molecule has 0 aliphatic carbocycles. The van der Waals surface area contributed by atoms with Crippen LogP contribution in [0.2, 0.25) is 0 Å². The second kappa shape index (κ2) is 8.81. The van der Waals surface area contributed by atoms with Crippen LogP contribution in [0, 0.1) is 0 Å². The van der Waals surface area contributed by atoms with Crippen LogP contribution in [0.15, 0.2) is 65.3 Å². The van der Waals surface area contributed by atoms with Gasteiger partial charge in [-0.25, -0.2) is 4.98 Å². The standard InChI is InChI=1S/C23H19F3N4O3/c1-14(31)27-12-15-4-6-16(7-5-15)21(32)29-22-28-19-11-17(23(24,25)26)8-9-20(19)30(22)13-18-3-2-10-33-18/h2-11H,12-13H2,1H3,(H,27,31)(H,28,29,32). The number of furan rings is 1. The molecule has 170 valence electrons. The van der Waals surface area contributed by atoms with Gasteiger partial charge >= 0.3 is 6.18 Å². The minimum atomic E-state index is -4.51. The molecule has 0 saturated heterocycles. The van der Waals surface area contributed by atoms with E-state index in [1.54, 1.807) is 41.0 Å². The monoisotopic (exact) mass is 456 g/mol. The average molecular weight is 456 g/mol. The summed E-state index contributed by atoms with van der Waals surface area (Å²) in [5.41, 5.74) is 0.823. The molecule has 0 bridgehead atoms. The SMILES string of the molecule is CC(=O)NCc1ccc(C(=O)Nc2nc3cc(C(F)(F)F)ccc3n2Cc2ccco2)cc1. The Bertz CT molecular complexity index is 1290. The zero-order valence-corrected chi connectivity index (χ0v) is 17.4. The summed E-state index contributed by atoms with van der Waals surface area (Å²) in [6.45, 7) is 1.91. The van der Waals surface area contributed by atoms with Crippen molar-refractivity contribution in [3.05, 3.63) is 83.3 Å². The Hall–Kier alpha value is -4.08. The first-order valence-electron chi connectivity index (χ1n) is 9.95. The highest BCUT2D eigenvalue weighted by atomic mass is 19.4. The summed E-state index contributed by atoms with van der Waals surface area (Å²) in [6, 6.07) is 13.2.